The molecule has 2 unspecified atom stereocenters. The minimum atomic E-state index is 0.278. The van der Waals surface area contributed by atoms with Gasteiger partial charge in [-0.1, -0.05) is 0 Å². The lowest BCUT2D eigenvalue weighted by atomic mass is 9.95. The van der Waals surface area contributed by atoms with Gasteiger partial charge in [0.1, 0.15) is 0 Å². The van der Waals surface area contributed by atoms with Crippen molar-refractivity contribution in [1.29, 1.82) is 5.26 Å². The third-order valence-corrected chi connectivity index (χ3v) is 3.06. The highest BCUT2D eigenvalue weighted by Crippen LogP contribution is 2.28. The van der Waals surface area contributed by atoms with Crippen LogP contribution in [0.4, 0.5) is 0 Å². The standard InChI is InChI=1S/C7H11NS/c1-6(4-8)7-2-3-9-5-7/h6-7H,2-3,5H2,1H3. The van der Waals surface area contributed by atoms with E-state index in [9.17, 15) is 0 Å². The molecule has 50 valence electrons. The topological polar surface area (TPSA) is 23.8 Å². The van der Waals surface area contributed by atoms with Gasteiger partial charge in [-0.3, -0.25) is 0 Å². The third kappa shape index (κ3) is 1.62. The molecule has 0 aromatic heterocycles. The van der Waals surface area contributed by atoms with E-state index in [0.29, 0.717) is 5.92 Å². The van der Waals surface area contributed by atoms with Gasteiger partial charge in [0.2, 0.25) is 0 Å². The van der Waals surface area contributed by atoms with Crippen molar-refractivity contribution in [3.8, 4) is 6.07 Å². The Hall–Kier alpha value is -0.160. The van der Waals surface area contributed by atoms with Gasteiger partial charge in [0.05, 0.1) is 6.07 Å². The highest BCUT2D eigenvalue weighted by Gasteiger charge is 2.20. The Balaban J connectivity index is 2.34. The van der Waals surface area contributed by atoms with Crippen LogP contribution in [0.25, 0.3) is 0 Å². The van der Waals surface area contributed by atoms with Crippen molar-refractivity contribution in [3.05, 3.63) is 0 Å². The number of thioether (sulfide) groups is 1. The molecule has 1 aliphatic rings. The van der Waals surface area contributed by atoms with E-state index in [1.807, 2.05) is 18.7 Å². The van der Waals surface area contributed by atoms with Crippen LogP contribution in [0, 0.1) is 23.2 Å². The van der Waals surface area contributed by atoms with E-state index in [1.54, 1.807) is 0 Å². The van der Waals surface area contributed by atoms with E-state index in [1.165, 1.54) is 17.9 Å². The maximum Gasteiger partial charge on any atom is 0.0656 e. The van der Waals surface area contributed by atoms with Crippen molar-refractivity contribution in [2.24, 2.45) is 11.8 Å². The van der Waals surface area contributed by atoms with Gasteiger partial charge in [0, 0.05) is 5.92 Å². The summed E-state index contributed by atoms with van der Waals surface area (Å²) in [6.45, 7) is 2.02. The lowest BCUT2D eigenvalue weighted by Gasteiger charge is -2.07. The lowest BCUT2D eigenvalue weighted by Crippen LogP contribution is -2.07. The molecule has 1 fully saturated rings. The summed E-state index contributed by atoms with van der Waals surface area (Å²) >= 11 is 1.97. The second kappa shape index (κ2) is 3.12. The van der Waals surface area contributed by atoms with Crippen molar-refractivity contribution in [1.82, 2.24) is 0 Å². The fraction of sp³-hybridized carbons (Fsp3) is 0.857. The minimum absolute atomic E-state index is 0.278. The van der Waals surface area contributed by atoms with E-state index in [4.69, 9.17) is 5.26 Å². The van der Waals surface area contributed by atoms with Crippen LogP contribution in [0.2, 0.25) is 0 Å². The van der Waals surface area contributed by atoms with E-state index < -0.39 is 0 Å². The summed E-state index contributed by atoms with van der Waals surface area (Å²) in [5.41, 5.74) is 0. The van der Waals surface area contributed by atoms with Gasteiger partial charge in [-0.25, -0.2) is 0 Å². The highest BCUT2D eigenvalue weighted by atomic mass is 32.2. The molecule has 0 saturated carbocycles. The number of nitrogens with zero attached hydrogens (tertiary/aromatic N) is 1. The zero-order chi connectivity index (χ0) is 6.69. The van der Waals surface area contributed by atoms with Crippen LogP contribution in [0.5, 0.6) is 0 Å². The summed E-state index contributed by atoms with van der Waals surface area (Å²) in [4.78, 5) is 0. The van der Waals surface area contributed by atoms with Crippen LogP contribution >= 0.6 is 11.8 Å². The predicted octanol–water partition coefficient (Wildman–Crippen LogP) is 1.90. The largest absolute Gasteiger partial charge is 0.198 e. The summed E-state index contributed by atoms with van der Waals surface area (Å²) in [5.74, 6) is 3.42. The molecule has 1 aliphatic heterocycles. The van der Waals surface area contributed by atoms with Gasteiger partial charge in [0.15, 0.2) is 0 Å². The average molecular weight is 141 g/mol. The zero-order valence-corrected chi connectivity index (χ0v) is 6.45. The first-order chi connectivity index (χ1) is 4.34. The molecule has 1 nitrogen and oxygen atoms in total. The minimum Gasteiger partial charge on any atom is -0.198 e. The predicted molar refractivity (Wildman–Crippen MR) is 40.2 cm³/mol. The first-order valence-electron chi connectivity index (χ1n) is 3.32. The number of rotatable bonds is 1. The van der Waals surface area contributed by atoms with Gasteiger partial charge < -0.3 is 0 Å². The summed E-state index contributed by atoms with van der Waals surface area (Å²) in [7, 11) is 0. The molecule has 0 N–H and O–H groups in total. The Morgan fingerprint density at radius 2 is 2.56 bits per heavy atom. The first kappa shape index (κ1) is 6.95. The molecule has 2 atom stereocenters. The van der Waals surface area contributed by atoms with Crippen LogP contribution in [0.15, 0.2) is 0 Å². The Morgan fingerprint density at radius 3 is 3.00 bits per heavy atom. The van der Waals surface area contributed by atoms with Gasteiger partial charge in [0.25, 0.3) is 0 Å². The van der Waals surface area contributed by atoms with Crippen LogP contribution in [0.3, 0.4) is 0 Å². The number of hydrogen-bond donors (Lipinski definition) is 0. The molecular weight excluding hydrogens is 130 g/mol. The second-order valence-electron chi connectivity index (χ2n) is 2.54. The molecule has 2 heteroatoms. The van der Waals surface area contributed by atoms with E-state index in [2.05, 4.69) is 6.07 Å². The molecule has 0 bridgehead atoms. The quantitative estimate of drug-likeness (QED) is 0.557. The third-order valence-electron chi connectivity index (χ3n) is 1.88. The molecule has 9 heavy (non-hydrogen) atoms. The van der Waals surface area contributed by atoms with Crippen LogP contribution < -0.4 is 0 Å². The Morgan fingerprint density at radius 1 is 1.78 bits per heavy atom. The van der Waals surface area contributed by atoms with Gasteiger partial charge in [-0.15, -0.1) is 0 Å². The van der Waals surface area contributed by atoms with E-state index >= 15 is 0 Å². The first-order valence-corrected chi connectivity index (χ1v) is 4.47. The maximum atomic E-state index is 8.54. The normalized spacial score (nSPS) is 29.6. The summed E-state index contributed by atoms with van der Waals surface area (Å²) < 4.78 is 0. The van der Waals surface area contributed by atoms with Crippen LogP contribution in [-0.2, 0) is 0 Å². The van der Waals surface area contributed by atoms with E-state index in [-0.39, 0.29) is 5.92 Å². The molecule has 0 aliphatic carbocycles. The van der Waals surface area contributed by atoms with Crippen molar-refractivity contribution < 1.29 is 0 Å². The maximum absolute atomic E-state index is 8.54. The Bertz CT molecular complexity index is 121. The fourth-order valence-electron chi connectivity index (χ4n) is 1.05. The van der Waals surface area contributed by atoms with Crippen LogP contribution in [-0.4, -0.2) is 11.5 Å². The molecule has 1 saturated heterocycles. The summed E-state index contributed by atoms with van der Waals surface area (Å²) in [6.07, 6.45) is 1.25. The average Bonchev–Trinajstić information content (AvgIpc) is 2.37. The van der Waals surface area contributed by atoms with Crippen molar-refractivity contribution in [2.75, 3.05) is 11.5 Å². The molecule has 0 radical (unpaired) electrons. The number of hydrogen-bond acceptors (Lipinski definition) is 2. The Kier molecular flexibility index (Phi) is 2.41. The molecule has 0 aromatic carbocycles. The SMILES string of the molecule is CC(C#N)C1CCSC1. The van der Waals surface area contributed by atoms with Gasteiger partial charge in [-0.05, 0) is 30.8 Å². The molecule has 0 spiro atoms. The number of nitriles is 1. The van der Waals surface area contributed by atoms with Crippen LogP contribution in [0.1, 0.15) is 13.3 Å². The van der Waals surface area contributed by atoms with Crippen molar-refractivity contribution in [3.63, 3.8) is 0 Å². The van der Waals surface area contributed by atoms with Crippen molar-refractivity contribution in [2.45, 2.75) is 13.3 Å². The second-order valence-corrected chi connectivity index (χ2v) is 3.69. The van der Waals surface area contributed by atoms with Crippen molar-refractivity contribution >= 4 is 11.8 Å². The summed E-state index contributed by atoms with van der Waals surface area (Å²) in [5, 5.41) is 8.54. The monoisotopic (exact) mass is 141 g/mol. The molecular formula is C7H11NS. The molecule has 1 heterocycles. The fourth-order valence-corrected chi connectivity index (χ4v) is 2.45. The molecule has 1 rings (SSSR count). The lowest BCUT2D eigenvalue weighted by molar-refractivity contribution is 0.481. The van der Waals surface area contributed by atoms with Gasteiger partial charge in [-0.2, -0.15) is 17.0 Å². The zero-order valence-electron chi connectivity index (χ0n) is 5.63. The van der Waals surface area contributed by atoms with Gasteiger partial charge >= 0.3 is 0 Å². The summed E-state index contributed by atoms with van der Waals surface area (Å²) in [6, 6.07) is 2.29. The molecule has 0 amide bonds. The van der Waals surface area contributed by atoms with E-state index in [0.717, 1.165) is 0 Å². The highest BCUT2D eigenvalue weighted by molar-refractivity contribution is 7.99. The Labute approximate surface area is 60.4 Å². The molecule has 0 aromatic rings. The smallest absolute Gasteiger partial charge is 0.0656 e.